The third-order valence-corrected chi connectivity index (χ3v) is 6.96. The van der Waals surface area contributed by atoms with Gasteiger partial charge in [-0.3, -0.25) is 0 Å². The van der Waals surface area contributed by atoms with Gasteiger partial charge in [0.15, 0.2) is 0 Å². The van der Waals surface area contributed by atoms with Crippen LogP contribution in [-0.2, 0) is 0 Å². The normalized spacial score (nSPS) is 39.2. The second kappa shape index (κ2) is 3.83. The molecule has 2 aliphatic carbocycles. The molecule has 0 aromatic carbocycles. The summed E-state index contributed by atoms with van der Waals surface area (Å²) in [6.45, 7) is 13.9. The van der Waals surface area contributed by atoms with Crippen LogP contribution in [0.15, 0.2) is 0 Å². The van der Waals surface area contributed by atoms with Gasteiger partial charge in [-0.25, -0.2) is 0 Å². The van der Waals surface area contributed by atoms with Crippen LogP contribution in [-0.4, -0.2) is 15.7 Å². The van der Waals surface area contributed by atoms with Gasteiger partial charge < -0.3 is 0 Å². The van der Waals surface area contributed by atoms with E-state index in [1.54, 1.807) is 0 Å². The number of rotatable bonds is 2. The summed E-state index contributed by atoms with van der Waals surface area (Å²) in [5.41, 5.74) is 0.869. The molecule has 0 nitrogen and oxygen atoms in total. The van der Waals surface area contributed by atoms with Crippen LogP contribution < -0.4 is 0 Å². The molecule has 2 rings (SSSR count). The first kappa shape index (κ1) is 14.5. The zero-order valence-electron chi connectivity index (χ0n) is 13.1. The SMILES string of the molecule is [B]C([B])(CC1CC2CCC1(C)C2(C)C)C(C)(C)C. The predicted octanol–water partition coefficient (Wildman–Crippen LogP) is 4.34. The van der Waals surface area contributed by atoms with Crippen molar-refractivity contribution in [3.8, 4) is 0 Å². The first-order valence-electron chi connectivity index (χ1n) is 7.49. The molecule has 0 aromatic heterocycles. The average Bonchev–Trinajstić information content (AvgIpc) is 2.48. The Morgan fingerprint density at radius 1 is 1.11 bits per heavy atom. The number of hydrogen-bond acceptors (Lipinski definition) is 0. The second-order valence-corrected chi connectivity index (χ2v) is 8.80. The molecule has 3 unspecified atom stereocenters. The summed E-state index contributed by atoms with van der Waals surface area (Å²) < 4.78 is 0. The minimum atomic E-state index is -0.554. The molecule has 0 aromatic rings. The predicted molar refractivity (Wildman–Crippen MR) is 81.0 cm³/mol. The minimum Gasteiger partial charge on any atom is -0.0940 e. The highest BCUT2D eigenvalue weighted by Crippen LogP contribution is 2.70. The van der Waals surface area contributed by atoms with E-state index in [1.165, 1.54) is 19.3 Å². The Labute approximate surface area is 117 Å². The van der Waals surface area contributed by atoms with Crippen molar-refractivity contribution in [2.45, 2.75) is 72.4 Å². The van der Waals surface area contributed by atoms with Crippen LogP contribution >= 0.6 is 0 Å². The molecule has 2 fully saturated rings. The fourth-order valence-electron chi connectivity index (χ4n) is 4.39. The lowest BCUT2D eigenvalue weighted by atomic mass is 9.40. The molecular weight excluding hydrogens is 214 g/mol. The highest BCUT2D eigenvalue weighted by molar-refractivity contribution is 6.40. The van der Waals surface area contributed by atoms with Crippen LogP contribution in [0.25, 0.3) is 0 Å². The lowest BCUT2D eigenvalue weighted by Crippen LogP contribution is -2.38. The van der Waals surface area contributed by atoms with Crippen molar-refractivity contribution in [3.05, 3.63) is 0 Å². The van der Waals surface area contributed by atoms with Gasteiger partial charge in [-0.05, 0) is 47.3 Å². The van der Waals surface area contributed by atoms with E-state index in [9.17, 15) is 0 Å². The molecule has 0 amide bonds. The molecule has 3 atom stereocenters. The van der Waals surface area contributed by atoms with Crippen molar-refractivity contribution in [2.75, 3.05) is 0 Å². The van der Waals surface area contributed by atoms with Gasteiger partial charge >= 0.3 is 0 Å². The summed E-state index contributed by atoms with van der Waals surface area (Å²) in [7, 11) is 12.9. The molecule has 0 aliphatic heterocycles. The summed E-state index contributed by atoms with van der Waals surface area (Å²) in [5.74, 6) is 1.57. The molecule has 0 spiro atoms. The number of hydrogen-bond donors (Lipinski definition) is 0. The van der Waals surface area contributed by atoms with Gasteiger partial charge in [0.1, 0.15) is 0 Å². The molecule has 0 N–H and O–H groups in total. The molecule has 4 radical (unpaired) electrons. The average molecular weight is 242 g/mol. The van der Waals surface area contributed by atoms with Crippen molar-refractivity contribution in [3.63, 3.8) is 0 Å². The summed E-state index contributed by atoms with van der Waals surface area (Å²) in [6.07, 6.45) is 5.05. The second-order valence-electron chi connectivity index (χ2n) is 8.80. The van der Waals surface area contributed by atoms with Gasteiger partial charge in [0.2, 0.25) is 0 Å². The van der Waals surface area contributed by atoms with Gasteiger partial charge in [-0.2, -0.15) is 0 Å². The fourth-order valence-corrected chi connectivity index (χ4v) is 4.39. The fraction of sp³-hybridized carbons (Fsp3) is 1.00. The van der Waals surface area contributed by atoms with Crippen LogP contribution in [0, 0.1) is 28.1 Å². The van der Waals surface area contributed by atoms with Crippen molar-refractivity contribution in [1.29, 1.82) is 0 Å². The molecule has 2 bridgehead atoms. The molecule has 2 heteroatoms. The maximum absolute atomic E-state index is 6.43. The molecule has 0 heterocycles. The largest absolute Gasteiger partial charge is 0.0940 e. The van der Waals surface area contributed by atoms with E-state index in [0.29, 0.717) is 16.7 Å². The van der Waals surface area contributed by atoms with Crippen LogP contribution in [0.5, 0.6) is 0 Å². The molecule has 18 heavy (non-hydrogen) atoms. The summed E-state index contributed by atoms with van der Waals surface area (Å²) in [4.78, 5) is 0. The third-order valence-electron chi connectivity index (χ3n) is 6.96. The zero-order valence-corrected chi connectivity index (χ0v) is 13.1. The highest BCUT2D eigenvalue weighted by Gasteiger charge is 2.61. The van der Waals surface area contributed by atoms with Crippen molar-refractivity contribution in [2.24, 2.45) is 28.1 Å². The first-order valence-corrected chi connectivity index (χ1v) is 7.49. The highest BCUT2D eigenvalue weighted by atomic mass is 14.7. The first-order chi connectivity index (χ1) is 7.92. The van der Waals surface area contributed by atoms with E-state index >= 15 is 0 Å². The Hall–Kier alpha value is 0.130. The van der Waals surface area contributed by atoms with Crippen LogP contribution in [0.2, 0.25) is 5.21 Å². The van der Waals surface area contributed by atoms with E-state index in [2.05, 4.69) is 41.5 Å². The van der Waals surface area contributed by atoms with E-state index in [4.69, 9.17) is 15.7 Å². The van der Waals surface area contributed by atoms with Crippen molar-refractivity contribution >= 4 is 15.7 Å². The standard InChI is InChI=1S/C16H28B2/c1-13(2,3)16(17,18)10-12-9-11-7-8-15(12,6)14(11,4)5/h11-12H,7-10H2,1-6H3. The summed E-state index contributed by atoms with van der Waals surface area (Å²) >= 11 is 0. The van der Waals surface area contributed by atoms with E-state index in [1.807, 2.05) is 0 Å². The molecule has 98 valence electrons. The van der Waals surface area contributed by atoms with Crippen molar-refractivity contribution in [1.82, 2.24) is 0 Å². The van der Waals surface area contributed by atoms with Gasteiger partial charge in [-0.1, -0.05) is 53.2 Å². The number of fused-ring (bicyclic) bond motifs is 2. The topological polar surface area (TPSA) is 0 Å². The molecule has 2 saturated carbocycles. The van der Waals surface area contributed by atoms with Crippen LogP contribution in [0.4, 0.5) is 0 Å². The Morgan fingerprint density at radius 3 is 2.00 bits per heavy atom. The van der Waals surface area contributed by atoms with Gasteiger partial charge in [0.05, 0.1) is 15.7 Å². The Balaban J connectivity index is 2.19. The monoisotopic (exact) mass is 242 g/mol. The Kier molecular flexibility index (Phi) is 3.09. The van der Waals surface area contributed by atoms with E-state index in [-0.39, 0.29) is 5.41 Å². The van der Waals surface area contributed by atoms with Crippen LogP contribution in [0.3, 0.4) is 0 Å². The lowest BCUT2D eigenvalue weighted by Gasteiger charge is -2.47. The van der Waals surface area contributed by atoms with E-state index < -0.39 is 5.21 Å². The summed E-state index contributed by atoms with van der Waals surface area (Å²) in [5, 5.41) is -0.554. The van der Waals surface area contributed by atoms with E-state index in [0.717, 1.165) is 12.3 Å². The smallest absolute Gasteiger partial charge is 0.0627 e. The molecule has 2 aliphatic rings. The third kappa shape index (κ3) is 1.81. The molecule has 0 saturated heterocycles. The van der Waals surface area contributed by atoms with Crippen molar-refractivity contribution < 1.29 is 0 Å². The maximum atomic E-state index is 6.43. The van der Waals surface area contributed by atoms with Gasteiger partial charge in [-0.15, -0.1) is 0 Å². The van der Waals surface area contributed by atoms with Gasteiger partial charge in [0.25, 0.3) is 0 Å². The lowest BCUT2D eigenvalue weighted by molar-refractivity contribution is 0.0863. The minimum absolute atomic E-state index is 0.0324. The Bertz CT molecular complexity index is 337. The molecular formula is C16H28B2. The maximum Gasteiger partial charge on any atom is 0.0627 e. The summed E-state index contributed by atoms with van der Waals surface area (Å²) in [6, 6.07) is 0. The van der Waals surface area contributed by atoms with Gasteiger partial charge in [0, 0.05) is 0 Å². The Morgan fingerprint density at radius 2 is 1.67 bits per heavy atom. The van der Waals surface area contributed by atoms with Crippen LogP contribution in [0.1, 0.15) is 67.2 Å². The quantitative estimate of drug-likeness (QED) is 0.632. The zero-order chi connectivity index (χ0) is 14.0.